The molecule has 5 heteroatoms. The molecular weight excluding hydrogens is 280 g/mol. The van der Waals surface area contributed by atoms with E-state index in [9.17, 15) is 4.79 Å². The van der Waals surface area contributed by atoms with Gasteiger partial charge in [0.1, 0.15) is 0 Å². The number of nitrogens with one attached hydrogen (secondary N) is 1. The lowest BCUT2D eigenvalue weighted by Crippen LogP contribution is -2.45. The normalized spacial score (nSPS) is 17.1. The largest absolute Gasteiger partial charge is 0.331 e. The molecule has 1 aliphatic rings. The van der Waals surface area contributed by atoms with Gasteiger partial charge in [-0.15, -0.1) is 0 Å². The van der Waals surface area contributed by atoms with Crippen LogP contribution < -0.4 is 5.32 Å². The van der Waals surface area contributed by atoms with Crippen molar-refractivity contribution in [3.8, 4) is 0 Å². The molecular formula is C14H19ClN2OS. The van der Waals surface area contributed by atoms with Crippen molar-refractivity contribution in [1.29, 1.82) is 0 Å². The van der Waals surface area contributed by atoms with Gasteiger partial charge in [-0.05, 0) is 24.1 Å². The number of carbonyl (C=O) groups is 1. The van der Waals surface area contributed by atoms with E-state index in [1.165, 1.54) is 0 Å². The van der Waals surface area contributed by atoms with E-state index in [2.05, 4.69) is 12.2 Å². The minimum atomic E-state index is 0.0285. The molecule has 1 heterocycles. The minimum Gasteiger partial charge on any atom is -0.331 e. The summed E-state index contributed by atoms with van der Waals surface area (Å²) < 4.78 is 0. The Hall–Kier alpha value is -0.870. The molecule has 1 saturated heterocycles. The fourth-order valence-electron chi connectivity index (χ4n) is 2.15. The van der Waals surface area contributed by atoms with Crippen molar-refractivity contribution in [3.63, 3.8) is 0 Å². The van der Waals surface area contributed by atoms with Crippen LogP contribution in [0.2, 0.25) is 5.02 Å². The summed E-state index contributed by atoms with van der Waals surface area (Å²) in [6, 6.07) is 7.76. The van der Waals surface area contributed by atoms with E-state index < -0.39 is 0 Å². The summed E-state index contributed by atoms with van der Waals surface area (Å²) in [7, 11) is 0. The fraction of sp³-hybridized carbons (Fsp3) is 0.500. The van der Waals surface area contributed by atoms with Crippen molar-refractivity contribution in [1.82, 2.24) is 10.2 Å². The second-order valence-corrected chi connectivity index (χ2v) is 6.23. The predicted octanol–water partition coefficient (Wildman–Crippen LogP) is 3.55. The van der Waals surface area contributed by atoms with E-state index in [-0.39, 0.29) is 12.1 Å². The van der Waals surface area contributed by atoms with Crippen LogP contribution >= 0.6 is 23.4 Å². The second kappa shape index (κ2) is 7.06. The van der Waals surface area contributed by atoms with E-state index in [4.69, 9.17) is 11.6 Å². The molecule has 2 amide bonds. The molecule has 1 aliphatic heterocycles. The molecule has 2 rings (SSSR count). The summed E-state index contributed by atoms with van der Waals surface area (Å²) in [5.41, 5.74) is 1.06. The standard InChI is InChI=1S/C14H19ClN2OS/c1-2-13(11-4-3-5-12(15)10-11)16-14(18)17-6-8-19-9-7-17/h3-5,10,13H,2,6-9H2,1H3,(H,16,18). The van der Waals surface area contributed by atoms with Crippen LogP contribution in [-0.2, 0) is 0 Å². The van der Waals surface area contributed by atoms with E-state index >= 15 is 0 Å². The van der Waals surface area contributed by atoms with Crippen molar-refractivity contribution in [2.45, 2.75) is 19.4 Å². The van der Waals surface area contributed by atoms with Crippen molar-refractivity contribution >= 4 is 29.4 Å². The van der Waals surface area contributed by atoms with Gasteiger partial charge in [0.25, 0.3) is 0 Å². The highest BCUT2D eigenvalue weighted by Crippen LogP contribution is 2.21. The van der Waals surface area contributed by atoms with Gasteiger partial charge in [-0.25, -0.2) is 4.79 Å². The van der Waals surface area contributed by atoms with E-state index in [1.54, 1.807) is 0 Å². The highest BCUT2D eigenvalue weighted by Gasteiger charge is 2.20. The second-order valence-electron chi connectivity index (χ2n) is 4.56. The Kier molecular flexibility index (Phi) is 5.40. The summed E-state index contributed by atoms with van der Waals surface area (Å²) in [4.78, 5) is 14.1. The number of amides is 2. The Bertz CT molecular complexity index is 435. The van der Waals surface area contributed by atoms with Gasteiger partial charge in [-0.1, -0.05) is 30.7 Å². The van der Waals surface area contributed by atoms with Crippen LogP contribution in [0.4, 0.5) is 4.79 Å². The number of thioether (sulfide) groups is 1. The van der Waals surface area contributed by atoms with Crippen LogP contribution in [0.3, 0.4) is 0 Å². The molecule has 1 fully saturated rings. The number of benzene rings is 1. The third kappa shape index (κ3) is 4.05. The molecule has 0 radical (unpaired) electrons. The Morgan fingerprint density at radius 3 is 2.84 bits per heavy atom. The molecule has 1 aromatic rings. The number of hydrogen-bond acceptors (Lipinski definition) is 2. The molecule has 1 aromatic carbocycles. The zero-order valence-corrected chi connectivity index (χ0v) is 12.6. The zero-order valence-electron chi connectivity index (χ0n) is 11.1. The molecule has 0 aromatic heterocycles. The maximum atomic E-state index is 12.2. The average Bonchev–Trinajstić information content (AvgIpc) is 2.45. The molecule has 1 N–H and O–H groups in total. The molecule has 1 atom stereocenters. The molecule has 3 nitrogen and oxygen atoms in total. The van der Waals surface area contributed by atoms with Crippen molar-refractivity contribution in [2.24, 2.45) is 0 Å². The number of nitrogens with zero attached hydrogens (tertiary/aromatic N) is 1. The van der Waals surface area contributed by atoms with Gasteiger partial charge in [0.05, 0.1) is 6.04 Å². The number of halogens is 1. The molecule has 0 aliphatic carbocycles. The number of hydrogen-bond donors (Lipinski definition) is 1. The van der Waals surface area contributed by atoms with Gasteiger partial charge in [-0.3, -0.25) is 0 Å². The molecule has 0 spiro atoms. The highest BCUT2D eigenvalue weighted by molar-refractivity contribution is 7.99. The number of carbonyl (C=O) groups excluding carboxylic acids is 1. The molecule has 1 unspecified atom stereocenters. The van der Waals surface area contributed by atoms with Gasteiger partial charge < -0.3 is 10.2 Å². The van der Waals surface area contributed by atoms with Gasteiger partial charge in [0.15, 0.2) is 0 Å². The Balaban J connectivity index is 2.00. The third-order valence-corrected chi connectivity index (χ3v) is 4.43. The fourth-order valence-corrected chi connectivity index (χ4v) is 3.25. The Morgan fingerprint density at radius 1 is 1.47 bits per heavy atom. The first-order chi connectivity index (χ1) is 9.20. The van der Waals surface area contributed by atoms with Crippen molar-refractivity contribution in [3.05, 3.63) is 34.9 Å². The third-order valence-electron chi connectivity index (χ3n) is 3.26. The van der Waals surface area contributed by atoms with Gasteiger partial charge in [-0.2, -0.15) is 11.8 Å². The molecule has 0 bridgehead atoms. The maximum absolute atomic E-state index is 12.2. The van der Waals surface area contributed by atoms with E-state index in [0.29, 0.717) is 5.02 Å². The minimum absolute atomic E-state index is 0.0285. The zero-order chi connectivity index (χ0) is 13.7. The predicted molar refractivity (Wildman–Crippen MR) is 81.9 cm³/mol. The summed E-state index contributed by atoms with van der Waals surface area (Å²) >= 11 is 7.91. The van der Waals surface area contributed by atoms with Crippen LogP contribution in [0.5, 0.6) is 0 Å². The van der Waals surface area contributed by atoms with E-state index in [1.807, 2.05) is 40.9 Å². The Morgan fingerprint density at radius 2 is 2.21 bits per heavy atom. The Labute approximate surface area is 123 Å². The molecule has 0 saturated carbocycles. The first kappa shape index (κ1) is 14.5. The smallest absolute Gasteiger partial charge is 0.317 e. The first-order valence-corrected chi connectivity index (χ1v) is 8.12. The van der Waals surface area contributed by atoms with Crippen LogP contribution in [0.15, 0.2) is 24.3 Å². The van der Waals surface area contributed by atoms with Crippen molar-refractivity contribution < 1.29 is 4.79 Å². The van der Waals surface area contributed by atoms with Gasteiger partial charge in [0, 0.05) is 29.6 Å². The average molecular weight is 299 g/mol. The molecule has 104 valence electrons. The number of rotatable bonds is 3. The lowest BCUT2D eigenvalue weighted by atomic mass is 10.1. The molecule has 19 heavy (non-hydrogen) atoms. The SMILES string of the molecule is CCC(NC(=O)N1CCSCC1)c1cccc(Cl)c1. The summed E-state index contributed by atoms with van der Waals surface area (Å²) in [5, 5.41) is 3.81. The van der Waals surface area contributed by atoms with Crippen LogP contribution in [0.1, 0.15) is 24.9 Å². The monoisotopic (exact) mass is 298 g/mol. The number of urea groups is 1. The lowest BCUT2D eigenvalue weighted by molar-refractivity contribution is 0.198. The quantitative estimate of drug-likeness (QED) is 0.925. The topological polar surface area (TPSA) is 32.3 Å². The summed E-state index contributed by atoms with van der Waals surface area (Å²) in [5.74, 6) is 2.06. The van der Waals surface area contributed by atoms with Crippen molar-refractivity contribution in [2.75, 3.05) is 24.6 Å². The van der Waals surface area contributed by atoms with Crippen LogP contribution in [0, 0.1) is 0 Å². The van der Waals surface area contributed by atoms with E-state index in [0.717, 1.165) is 36.6 Å². The van der Waals surface area contributed by atoms with Gasteiger partial charge in [0.2, 0.25) is 0 Å². The van der Waals surface area contributed by atoms with Gasteiger partial charge >= 0.3 is 6.03 Å². The summed E-state index contributed by atoms with van der Waals surface area (Å²) in [6.07, 6.45) is 0.856. The first-order valence-electron chi connectivity index (χ1n) is 6.59. The highest BCUT2D eigenvalue weighted by atomic mass is 35.5. The summed E-state index contributed by atoms with van der Waals surface area (Å²) in [6.45, 7) is 3.74. The maximum Gasteiger partial charge on any atom is 0.317 e. The van der Waals surface area contributed by atoms with Crippen LogP contribution in [0.25, 0.3) is 0 Å². The lowest BCUT2D eigenvalue weighted by Gasteiger charge is -2.29. The van der Waals surface area contributed by atoms with Crippen LogP contribution in [-0.4, -0.2) is 35.5 Å².